The highest BCUT2D eigenvalue weighted by Gasteiger charge is 2.49. The number of ether oxygens (including phenoxy) is 5. The molecule has 0 aliphatic carbocycles. The molecule has 2 aromatic carbocycles. The van der Waals surface area contributed by atoms with Gasteiger partial charge in [0.05, 0.1) is 6.61 Å². The van der Waals surface area contributed by atoms with Gasteiger partial charge >= 0.3 is 0 Å². The molecule has 0 bridgehead atoms. The Morgan fingerprint density at radius 1 is 0.966 bits per heavy atom. The number of benzene rings is 2. The monoisotopic (exact) mass is 400 g/mol. The fourth-order valence-corrected chi connectivity index (χ4v) is 3.36. The van der Waals surface area contributed by atoms with Crippen LogP contribution in [0.3, 0.4) is 0 Å². The zero-order valence-corrected chi connectivity index (χ0v) is 15.8. The average molecular weight is 400 g/mol. The molecule has 0 spiro atoms. The van der Waals surface area contributed by atoms with E-state index in [1.54, 1.807) is 30.3 Å². The molecule has 7 heteroatoms. The number of fused-ring (bicyclic) bond motifs is 1. The minimum Gasteiger partial charge on any atom is -0.490 e. The van der Waals surface area contributed by atoms with Gasteiger partial charge in [-0.2, -0.15) is 0 Å². The Hall–Kier alpha value is -2.42. The normalized spacial score (nSPS) is 31.5. The van der Waals surface area contributed by atoms with Crippen LogP contribution in [0, 0.1) is 0 Å². The molecule has 2 aliphatic rings. The molecule has 0 saturated carbocycles. The second-order valence-corrected chi connectivity index (χ2v) is 6.89. The lowest BCUT2D eigenvalue weighted by Gasteiger charge is -2.46. The van der Waals surface area contributed by atoms with Crippen LogP contribution in [0.25, 0.3) is 0 Å². The molecule has 2 aliphatic heterocycles. The summed E-state index contributed by atoms with van der Waals surface area (Å²) in [4.78, 5) is 0. The Morgan fingerprint density at radius 2 is 1.69 bits per heavy atom. The summed E-state index contributed by atoms with van der Waals surface area (Å²) >= 11 is 0. The first-order chi connectivity index (χ1) is 14.2. The fraction of sp³-hybridized carbons (Fsp3) is 0.364. The minimum absolute atomic E-state index is 0.211. The molecule has 2 aromatic rings. The molecule has 2 saturated heterocycles. The lowest BCUT2D eigenvalue weighted by molar-refractivity contribution is -0.350. The topological polar surface area (TPSA) is 86.6 Å². The second kappa shape index (κ2) is 8.94. The number of hydrogen-bond acceptors (Lipinski definition) is 7. The van der Waals surface area contributed by atoms with Crippen molar-refractivity contribution in [2.24, 2.45) is 0 Å². The van der Waals surface area contributed by atoms with E-state index in [1.165, 1.54) is 0 Å². The van der Waals surface area contributed by atoms with Crippen molar-refractivity contribution in [2.45, 2.75) is 37.0 Å². The summed E-state index contributed by atoms with van der Waals surface area (Å²) in [7, 11) is 0. The Morgan fingerprint density at radius 3 is 2.41 bits per heavy atom. The van der Waals surface area contributed by atoms with Crippen LogP contribution in [0.5, 0.6) is 11.5 Å². The van der Waals surface area contributed by atoms with Crippen molar-refractivity contribution in [3.05, 3.63) is 72.8 Å². The van der Waals surface area contributed by atoms with Gasteiger partial charge in [-0.25, -0.2) is 0 Å². The smallest absolute Gasteiger partial charge is 0.229 e. The van der Waals surface area contributed by atoms with Crippen LogP contribution in [0.15, 0.2) is 67.3 Å². The lowest BCUT2D eigenvalue weighted by Crippen LogP contribution is -2.62. The summed E-state index contributed by atoms with van der Waals surface area (Å²) in [5.41, 5.74) is 0.838. The third-order valence-electron chi connectivity index (χ3n) is 4.85. The standard InChI is InChI=1S/C22H24O7/c1-2-12-25-15-8-10-16(11-9-15)27-22-19(24)18(23)20-17(28-22)13-26-21(29-20)14-6-4-3-5-7-14/h2-11,17-24H,1,12-13H2/t17-,18-,19-,20-,21?,22-/m1/s1. The van der Waals surface area contributed by atoms with Gasteiger partial charge in [-0.1, -0.05) is 43.0 Å². The molecule has 29 heavy (non-hydrogen) atoms. The maximum absolute atomic E-state index is 10.6. The SMILES string of the molecule is C=CCOc1ccc(O[C@@H]2O[C@@H]3COC(c4ccccc4)O[C@H]3[C@H](O)[C@H]2O)cc1. The third-order valence-corrected chi connectivity index (χ3v) is 4.85. The van der Waals surface area contributed by atoms with Gasteiger partial charge in [0, 0.05) is 5.56 Å². The van der Waals surface area contributed by atoms with Crippen LogP contribution in [0.4, 0.5) is 0 Å². The van der Waals surface area contributed by atoms with E-state index in [9.17, 15) is 10.2 Å². The second-order valence-electron chi connectivity index (χ2n) is 6.89. The first-order valence-corrected chi connectivity index (χ1v) is 9.50. The molecule has 2 heterocycles. The average Bonchev–Trinajstić information content (AvgIpc) is 2.77. The highest BCUT2D eigenvalue weighted by molar-refractivity contribution is 5.31. The van der Waals surface area contributed by atoms with Crippen molar-refractivity contribution in [1.82, 2.24) is 0 Å². The van der Waals surface area contributed by atoms with E-state index in [4.69, 9.17) is 23.7 Å². The predicted molar refractivity (Wildman–Crippen MR) is 103 cm³/mol. The van der Waals surface area contributed by atoms with Crippen molar-refractivity contribution in [3.8, 4) is 11.5 Å². The summed E-state index contributed by atoms with van der Waals surface area (Å²) in [5.74, 6) is 1.15. The van der Waals surface area contributed by atoms with Gasteiger partial charge in [0.2, 0.25) is 6.29 Å². The Balaban J connectivity index is 1.39. The van der Waals surface area contributed by atoms with E-state index in [0.29, 0.717) is 18.1 Å². The van der Waals surface area contributed by atoms with Crippen LogP contribution in [-0.2, 0) is 14.2 Å². The van der Waals surface area contributed by atoms with Crippen molar-refractivity contribution >= 4 is 0 Å². The molecule has 1 unspecified atom stereocenters. The summed E-state index contributed by atoms with van der Waals surface area (Å²) < 4.78 is 28.6. The van der Waals surface area contributed by atoms with Crippen LogP contribution in [0.2, 0.25) is 0 Å². The highest BCUT2D eigenvalue weighted by Crippen LogP contribution is 2.34. The Labute approximate surface area is 169 Å². The molecule has 6 atom stereocenters. The van der Waals surface area contributed by atoms with Crippen LogP contribution in [0.1, 0.15) is 11.9 Å². The number of rotatable bonds is 6. The largest absolute Gasteiger partial charge is 0.490 e. The summed E-state index contributed by atoms with van der Waals surface area (Å²) in [5, 5.41) is 21.1. The molecular formula is C22H24O7. The third kappa shape index (κ3) is 4.44. The lowest BCUT2D eigenvalue weighted by atomic mass is 9.98. The Bertz CT molecular complexity index is 793. The quantitative estimate of drug-likeness (QED) is 0.719. The molecule has 7 nitrogen and oxygen atoms in total. The molecule has 2 N–H and O–H groups in total. The van der Waals surface area contributed by atoms with E-state index in [1.807, 2.05) is 30.3 Å². The molecule has 2 fully saturated rings. The molecular weight excluding hydrogens is 376 g/mol. The van der Waals surface area contributed by atoms with Crippen molar-refractivity contribution in [3.63, 3.8) is 0 Å². The van der Waals surface area contributed by atoms with Crippen molar-refractivity contribution < 1.29 is 33.9 Å². The molecule has 4 rings (SSSR count). The molecule has 0 radical (unpaired) electrons. The summed E-state index contributed by atoms with van der Waals surface area (Å²) in [6.45, 7) is 4.22. The van der Waals surface area contributed by atoms with Crippen LogP contribution >= 0.6 is 0 Å². The van der Waals surface area contributed by atoms with E-state index >= 15 is 0 Å². The Kier molecular flexibility index (Phi) is 6.13. The van der Waals surface area contributed by atoms with Crippen molar-refractivity contribution in [2.75, 3.05) is 13.2 Å². The van der Waals surface area contributed by atoms with Crippen LogP contribution in [-0.4, -0.2) is 54.1 Å². The number of aliphatic hydroxyl groups is 2. The van der Waals surface area contributed by atoms with E-state index in [0.717, 1.165) is 5.56 Å². The van der Waals surface area contributed by atoms with Gasteiger partial charge in [-0.05, 0) is 24.3 Å². The van der Waals surface area contributed by atoms with Gasteiger partial charge in [-0.3, -0.25) is 0 Å². The highest BCUT2D eigenvalue weighted by atomic mass is 16.8. The molecule has 154 valence electrons. The van der Waals surface area contributed by atoms with E-state index in [2.05, 4.69) is 6.58 Å². The first kappa shape index (κ1) is 19.9. The van der Waals surface area contributed by atoms with Crippen LogP contribution < -0.4 is 9.47 Å². The number of aliphatic hydroxyl groups excluding tert-OH is 2. The maximum Gasteiger partial charge on any atom is 0.229 e. The van der Waals surface area contributed by atoms with E-state index in [-0.39, 0.29) is 6.61 Å². The first-order valence-electron chi connectivity index (χ1n) is 9.50. The molecule has 0 aromatic heterocycles. The van der Waals surface area contributed by atoms with Gasteiger partial charge in [0.15, 0.2) is 6.29 Å². The fourth-order valence-electron chi connectivity index (χ4n) is 3.36. The van der Waals surface area contributed by atoms with E-state index < -0.39 is 37.0 Å². The van der Waals surface area contributed by atoms with Gasteiger partial charge in [-0.15, -0.1) is 0 Å². The van der Waals surface area contributed by atoms with Gasteiger partial charge < -0.3 is 33.9 Å². The minimum atomic E-state index is -1.28. The maximum atomic E-state index is 10.6. The van der Waals surface area contributed by atoms with Gasteiger partial charge in [0.25, 0.3) is 0 Å². The van der Waals surface area contributed by atoms with Crippen molar-refractivity contribution in [1.29, 1.82) is 0 Å². The zero-order valence-electron chi connectivity index (χ0n) is 15.8. The zero-order chi connectivity index (χ0) is 20.2. The summed E-state index contributed by atoms with van der Waals surface area (Å²) in [6, 6.07) is 16.3. The van der Waals surface area contributed by atoms with Gasteiger partial charge in [0.1, 0.15) is 42.5 Å². The predicted octanol–water partition coefficient (Wildman–Crippen LogP) is 2.19. The molecule has 0 amide bonds. The summed E-state index contributed by atoms with van der Waals surface area (Å²) in [6.07, 6.45) is -3.75. The number of hydrogen-bond donors (Lipinski definition) is 2.